The third kappa shape index (κ3) is 3.30. The summed E-state index contributed by atoms with van der Waals surface area (Å²) in [7, 11) is 0. The highest BCUT2D eigenvalue weighted by molar-refractivity contribution is 5.94. The molecule has 1 amide bonds. The summed E-state index contributed by atoms with van der Waals surface area (Å²) in [5.74, 6) is 0.102. The van der Waals surface area contributed by atoms with Gasteiger partial charge in [0.1, 0.15) is 0 Å². The van der Waals surface area contributed by atoms with Gasteiger partial charge in [-0.15, -0.1) is 0 Å². The van der Waals surface area contributed by atoms with Crippen LogP contribution in [-0.4, -0.2) is 23.4 Å². The molecule has 1 unspecified atom stereocenters. The van der Waals surface area contributed by atoms with Crippen LogP contribution in [0.2, 0.25) is 0 Å². The first kappa shape index (κ1) is 13.7. The number of hydrogen-bond donors (Lipinski definition) is 1. The second-order valence-corrected chi connectivity index (χ2v) is 4.25. The van der Waals surface area contributed by atoms with Crippen molar-refractivity contribution in [1.82, 2.24) is 4.90 Å². The number of amides is 1. The maximum Gasteiger partial charge on any atom is 0.254 e. The van der Waals surface area contributed by atoms with Crippen LogP contribution in [0.15, 0.2) is 24.3 Å². The van der Waals surface area contributed by atoms with Crippen LogP contribution < -0.4 is 5.73 Å². The molecule has 0 radical (unpaired) electrons. The van der Waals surface area contributed by atoms with Crippen molar-refractivity contribution < 1.29 is 4.79 Å². The molecule has 0 spiro atoms. The summed E-state index contributed by atoms with van der Waals surface area (Å²) in [5, 5.41) is 0. The molecule has 0 saturated carbocycles. The minimum absolute atomic E-state index is 0.102. The van der Waals surface area contributed by atoms with Crippen molar-refractivity contribution in [2.45, 2.75) is 39.8 Å². The maximum atomic E-state index is 12.3. The Bertz CT molecular complexity index is 359. The minimum Gasteiger partial charge on any atom is -0.336 e. The van der Waals surface area contributed by atoms with Crippen molar-refractivity contribution in [3.05, 3.63) is 35.4 Å². The summed E-state index contributed by atoms with van der Waals surface area (Å²) in [4.78, 5) is 14.2. The molecule has 0 bridgehead atoms. The first-order valence-electron chi connectivity index (χ1n) is 6.24. The van der Waals surface area contributed by atoms with Crippen LogP contribution in [-0.2, 0) is 6.54 Å². The Hall–Kier alpha value is -1.35. The second kappa shape index (κ2) is 6.40. The van der Waals surface area contributed by atoms with E-state index in [1.807, 2.05) is 36.1 Å². The first-order chi connectivity index (χ1) is 8.13. The molecule has 0 saturated heterocycles. The van der Waals surface area contributed by atoms with Gasteiger partial charge in [-0.1, -0.05) is 19.1 Å². The Morgan fingerprint density at radius 2 is 1.88 bits per heavy atom. The zero-order chi connectivity index (χ0) is 12.8. The van der Waals surface area contributed by atoms with Crippen LogP contribution in [0.1, 0.15) is 43.1 Å². The molecule has 1 rings (SSSR count). The standard InChI is InChI=1S/C14H22N2O/c1-4-11(3)16(5-2)14(17)13-8-6-12(10-15)7-9-13/h6-9,11H,4-5,10,15H2,1-3H3. The van der Waals surface area contributed by atoms with Crippen molar-refractivity contribution in [1.29, 1.82) is 0 Å². The fourth-order valence-corrected chi connectivity index (χ4v) is 1.83. The van der Waals surface area contributed by atoms with E-state index in [4.69, 9.17) is 5.73 Å². The van der Waals surface area contributed by atoms with Gasteiger partial charge < -0.3 is 10.6 Å². The van der Waals surface area contributed by atoms with Crippen LogP contribution in [0.4, 0.5) is 0 Å². The van der Waals surface area contributed by atoms with E-state index in [1.54, 1.807) is 0 Å². The van der Waals surface area contributed by atoms with Crippen LogP contribution in [0.3, 0.4) is 0 Å². The number of carbonyl (C=O) groups is 1. The molecular formula is C14H22N2O. The summed E-state index contributed by atoms with van der Waals surface area (Å²) in [6.45, 7) is 7.44. The van der Waals surface area contributed by atoms with E-state index < -0.39 is 0 Å². The van der Waals surface area contributed by atoms with E-state index in [-0.39, 0.29) is 11.9 Å². The van der Waals surface area contributed by atoms with Gasteiger partial charge >= 0.3 is 0 Å². The number of nitrogens with two attached hydrogens (primary N) is 1. The molecule has 0 heterocycles. The lowest BCUT2D eigenvalue weighted by atomic mass is 10.1. The molecule has 1 aromatic rings. The molecular weight excluding hydrogens is 212 g/mol. The van der Waals surface area contributed by atoms with Crippen LogP contribution in [0.25, 0.3) is 0 Å². The van der Waals surface area contributed by atoms with E-state index in [0.717, 1.165) is 24.1 Å². The molecule has 1 atom stereocenters. The highest BCUT2D eigenvalue weighted by Gasteiger charge is 2.18. The van der Waals surface area contributed by atoms with Crippen LogP contribution in [0.5, 0.6) is 0 Å². The zero-order valence-electron chi connectivity index (χ0n) is 10.9. The van der Waals surface area contributed by atoms with E-state index >= 15 is 0 Å². The second-order valence-electron chi connectivity index (χ2n) is 4.25. The number of nitrogens with zero attached hydrogens (tertiary/aromatic N) is 1. The van der Waals surface area contributed by atoms with E-state index in [1.165, 1.54) is 0 Å². The van der Waals surface area contributed by atoms with Gasteiger partial charge in [0.15, 0.2) is 0 Å². The average Bonchev–Trinajstić information content (AvgIpc) is 2.39. The van der Waals surface area contributed by atoms with E-state index in [9.17, 15) is 4.79 Å². The Morgan fingerprint density at radius 1 is 1.29 bits per heavy atom. The topological polar surface area (TPSA) is 46.3 Å². The Kier molecular flexibility index (Phi) is 5.16. The molecule has 0 aromatic heterocycles. The molecule has 17 heavy (non-hydrogen) atoms. The van der Waals surface area contributed by atoms with Crippen LogP contribution >= 0.6 is 0 Å². The van der Waals surface area contributed by atoms with Crippen LogP contribution in [0, 0.1) is 0 Å². The molecule has 94 valence electrons. The van der Waals surface area contributed by atoms with Crippen molar-refractivity contribution in [3.8, 4) is 0 Å². The number of benzene rings is 1. The Balaban J connectivity index is 2.86. The SMILES string of the molecule is CCC(C)N(CC)C(=O)c1ccc(CN)cc1. The molecule has 1 aromatic carbocycles. The van der Waals surface area contributed by atoms with Crippen molar-refractivity contribution in [3.63, 3.8) is 0 Å². The predicted molar refractivity (Wildman–Crippen MR) is 70.8 cm³/mol. The third-order valence-electron chi connectivity index (χ3n) is 3.16. The van der Waals surface area contributed by atoms with Gasteiger partial charge in [0.25, 0.3) is 5.91 Å². The van der Waals surface area contributed by atoms with Gasteiger partial charge in [-0.2, -0.15) is 0 Å². The lowest BCUT2D eigenvalue weighted by Gasteiger charge is -2.27. The fraction of sp³-hybridized carbons (Fsp3) is 0.500. The normalized spacial score (nSPS) is 12.2. The Morgan fingerprint density at radius 3 is 2.29 bits per heavy atom. The van der Waals surface area contributed by atoms with Gasteiger partial charge in [0.2, 0.25) is 0 Å². The summed E-state index contributed by atoms with van der Waals surface area (Å²) in [5.41, 5.74) is 7.33. The largest absolute Gasteiger partial charge is 0.336 e. The van der Waals surface area contributed by atoms with Crippen molar-refractivity contribution in [2.75, 3.05) is 6.54 Å². The maximum absolute atomic E-state index is 12.3. The molecule has 0 aliphatic carbocycles. The van der Waals surface area contributed by atoms with Gasteiger partial charge in [-0.3, -0.25) is 4.79 Å². The smallest absolute Gasteiger partial charge is 0.254 e. The number of carbonyl (C=O) groups excluding carboxylic acids is 1. The van der Waals surface area contributed by atoms with Gasteiger partial charge in [-0.05, 0) is 38.0 Å². The summed E-state index contributed by atoms with van der Waals surface area (Å²) in [6.07, 6.45) is 0.973. The lowest BCUT2D eigenvalue weighted by molar-refractivity contribution is 0.0700. The molecule has 2 N–H and O–H groups in total. The fourth-order valence-electron chi connectivity index (χ4n) is 1.83. The zero-order valence-corrected chi connectivity index (χ0v) is 10.9. The quantitative estimate of drug-likeness (QED) is 0.850. The Labute approximate surface area is 104 Å². The van der Waals surface area contributed by atoms with Crippen molar-refractivity contribution in [2.24, 2.45) is 5.73 Å². The molecule has 0 fully saturated rings. The number of rotatable bonds is 5. The summed E-state index contributed by atoms with van der Waals surface area (Å²) >= 11 is 0. The van der Waals surface area contributed by atoms with Gasteiger partial charge in [0.05, 0.1) is 0 Å². The summed E-state index contributed by atoms with van der Waals surface area (Å²) < 4.78 is 0. The van der Waals surface area contributed by atoms with E-state index in [0.29, 0.717) is 6.54 Å². The first-order valence-corrected chi connectivity index (χ1v) is 6.24. The monoisotopic (exact) mass is 234 g/mol. The number of hydrogen-bond acceptors (Lipinski definition) is 2. The lowest BCUT2D eigenvalue weighted by Crippen LogP contribution is -2.38. The molecule has 0 aliphatic rings. The van der Waals surface area contributed by atoms with Crippen molar-refractivity contribution >= 4 is 5.91 Å². The molecule has 3 heteroatoms. The van der Waals surface area contributed by atoms with E-state index in [2.05, 4.69) is 13.8 Å². The molecule has 3 nitrogen and oxygen atoms in total. The minimum atomic E-state index is 0.102. The van der Waals surface area contributed by atoms with Gasteiger partial charge in [0, 0.05) is 24.7 Å². The summed E-state index contributed by atoms with van der Waals surface area (Å²) in [6, 6.07) is 7.82. The highest BCUT2D eigenvalue weighted by atomic mass is 16.2. The third-order valence-corrected chi connectivity index (χ3v) is 3.16. The predicted octanol–water partition coefficient (Wildman–Crippen LogP) is 2.41. The van der Waals surface area contributed by atoms with Gasteiger partial charge in [-0.25, -0.2) is 0 Å². The molecule has 0 aliphatic heterocycles. The highest BCUT2D eigenvalue weighted by Crippen LogP contribution is 2.11. The average molecular weight is 234 g/mol.